The van der Waals surface area contributed by atoms with Crippen molar-refractivity contribution in [2.45, 2.75) is 39.2 Å². The summed E-state index contributed by atoms with van der Waals surface area (Å²) in [6, 6.07) is 5.65. The highest BCUT2D eigenvalue weighted by Gasteiger charge is 2.19. The number of aromatic nitrogens is 1. The number of hydrogen-bond acceptors (Lipinski definition) is 3. The summed E-state index contributed by atoms with van der Waals surface area (Å²) in [7, 11) is 0. The molecule has 3 heteroatoms. The van der Waals surface area contributed by atoms with Crippen molar-refractivity contribution >= 4 is 11.6 Å². The Labute approximate surface area is 85.7 Å². The molecule has 1 aromatic rings. The number of hydrogen-bond donors (Lipinski definition) is 2. The van der Waals surface area contributed by atoms with E-state index in [0.29, 0.717) is 5.82 Å². The Balaban J connectivity index is 2.77. The molecule has 0 amide bonds. The molecule has 14 heavy (non-hydrogen) atoms. The summed E-state index contributed by atoms with van der Waals surface area (Å²) in [5.74, 6) is 1.42. The van der Waals surface area contributed by atoms with E-state index < -0.39 is 0 Å². The maximum absolute atomic E-state index is 5.61. The fourth-order valence-electron chi connectivity index (χ4n) is 1.26. The van der Waals surface area contributed by atoms with Gasteiger partial charge in [0, 0.05) is 5.54 Å². The van der Waals surface area contributed by atoms with Crippen LogP contribution in [0, 0.1) is 0 Å². The molecule has 0 aliphatic heterocycles. The van der Waals surface area contributed by atoms with Crippen LogP contribution in [0.3, 0.4) is 0 Å². The molecular formula is C11H19N3. The van der Waals surface area contributed by atoms with Crippen LogP contribution >= 0.6 is 0 Å². The van der Waals surface area contributed by atoms with Crippen LogP contribution in [-0.2, 0) is 0 Å². The van der Waals surface area contributed by atoms with Gasteiger partial charge in [-0.05, 0) is 31.9 Å². The zero-order chi connectivity index (χ0) is 10.6. The molecule has 0 saturated carbocycles. The lowest BCUT2D eigenvalue weighted by atomic mass is 9.96. The van der Waals surface area contributed by atoms with E-state index in [0.717, 1.165) is 18.7 Å². The van der Waals surface area contributed by atoms with Crippen LogP contribution in [0.5, 0.6) is 0 Å². The van der Waals surface area contributed by atoms with Gasteiger partial charge in [0.05, 0.1) is 0 Å². The number of anilines is 2. The lowest BCUT2D eigenvalue weighted by molar-refractivity contribution is 0.477. The fourth-order valence-corrected chi connectivity index (χ4v) is 1.26. The Bertz CT molecular complexity index is 292. The molecule has 0 aliphatic rings. The maximum Gasteiger partial charge on any atom is 0.128 e. The number of nitrogens with one attached hydrogen (secondary N) is 1. The summed E-state index contributed by atoms with van der Waals surface area (Å²) in [5, 5.41) is 3.40. The molecule has 0 saturated heterocycles. The second-order valence-electron chi connectivity index (χ2n) is 3.84. The number of nitrogens with two attached hydrogens (primary N) is 1. The predicted molar refractivity (Wildman–Crippen MR) is 61.3 cm³/mol. The van der Waals surface area contributed by atoms with Gasteiger partial charge in [0.2, 0.25) is 0 Å². The van der Waals surface area contributed by atoms with Gasteiger partial charge in [-0.3, -0.25) is 0 Å². The van der Waals surface area contributed by atoms with E-state index in [1.54, 1.807) is 6.07 Å². The van der Waals surface area contributed by atoms with Crippen LogP contribution in [-0.4, -0.2) is 10.5 Å². The molecule has 0 unspecified atom stereocenters. The minimum Gasteiger partial charge on any atom is -0.384 e. The van der Waals surface area contributed by atoms with E-state index in [9.17, 15) is 0 Å². The Morgan fingerprint density at radius 3 is 2.50 bits per heavy atom. The zero-order valence-electron chi connectivity index (χ0n) is 9.17. The number of rotatable bonds is 4. The molecule has 0 radical (unpaired) electrons. The molecule has 0 atom stereocenters. The van der Waals surface area contributed by atoms with Crippen molar-refractivity contribution in [1.82, 2.24) is 4.98 Å². The molecule has 1 rings (SSSR count). The highest BCUT2D eigenvalue weighted by molar-refractivity contribution is 5.43. The summed E-state index contributed by atoms with van der Waals surface area (Å²) in [5.41, 5.74) is 5.72. The highest BCUT2D eigenvalue weighted by atomic mass is 15.1. The first kappa shape index (κ1) is 10.8. The van der Waals surface area contributed by atoms with E-state index in [1.165, 1.54) is 0 Å². The van der Waals surface area contributed by atoms with E-state index in [-0.39, 0.29) is 5.54 Å². The van der Waals surface area contributed by atoms with Gasteiger partial charge >= 0.3 is 0 Å². The minimum absolute atomic E-state index is 0.112. The molecule has 0 bridgehead atoms. The first-order chi connectivity index (χ1) is 6.59. The third-order valence-electron chi connectivity index (χ3n) is 2.76. The van der Waals surface area contributed by atoms with Crippen LogP contribution in [0.15, 0.2) is 18.2 Å². The average molecular weight is 193 g/mol. The van der Waals surface area contributed by atoms with Gasteiger partial charge in [0.1, 0.15) is 11.6 Å². The molecule has 0 aromatic carbocycles. The van der Waals surface area contributed by atoms with Crippen molar-refractivity contribution < 1.29 is 0 Å². The SMILES string of the molecule is CCC(C)(CC)Nc1cccc(N)n1. The van der Waals surface area contributed by atoms with Crippen molar-refractivity contribution in [3.8, 4) is 0 Å². The topological polar surface area (TPSA) is 50.9 Å². The van der Waals surface area contributed by atoms with Crippen molar-refractivity contribution in [1.29, 1.82) is 0 Å². The first-order valence-electron chi connectivity index (χ1n) is 5.10. The largest absolute Gasteiger partial charge is 0.384 e. The second kappa shape index (κ2) is 4.31. The molecular weight excluding hydrogens is 174 g/mol. The van der Waals surface area contributed by atoms with E-state index in [1.807, 2.05) is 12.1 Å². The first-order valence-corrected chi connectivity index (χ1v) is 5.10. The van der Waals surface area contributed by atoms with Gasteiger partial charge < -0.3 is 11.1 Å². The second-order valence-corrected chi connectivity index (χ2v) is 3.84. The van der Waals surface area contributed by atoms with E-state index >= 15 is 0 Å². The molecule has 3 N–H and O–H groups in total. The summed E-state index contributed by atoms with van der Waals surface area (Å²) < 4.78 is 0. The highest BCUT2D eigenvalue weighted by Crippen LogP contribution is 2.20. The summed E-state index contributed by atoms with van der Waals surface area (Å²) in [6.45, 7) is 6.53. The number of nitrogen functional groups attached to an aromatic ring is 1. The van der Waals surface area contributed by atoms with Gasteiger partial charge in [-0.1, -0.05) is 19.9 Å². The summed E-state index contributed by atoms with van der Waals surface area (Å²) in [6.07, 6.45) is 2.14. The number of pyridine rings is 1. The van der Waals surface area contributed by atoms with Crippen LogP contribution in [0.25, 0.3) is 0 Å². The van der Waals surface area contributed by atoms with Crippen molar-refractivity contribution in [2.75, 3.05) is 11.1 Å². The van der Waals surface area contributed by atoms with Gasteiger partial charge in [-0.2, -0.15) is 0 Å². The Morgan fingerprint density at radius 2 is 2.00 bits per heavy atom. The Hall–Kier alpha value is -1.25. The van der Waals surface area contributed by atoms with Crippen LogP contribution in [0.2, 0.25) is 0 Å². The lowest BCUT2D eigenvalue weighted by Crippen LogP contribution is -2.33. The average Bonchev–Trinajstić information content (AvgIpc) is 2.18. The molecule has 3 nitrogen and oxygen atoms in total. The molecule has 1 aromatic heterocycles. The van der Waals surface area contributed by atoms with Crippen LogP contribution in [0.4, 0.5) is 11.6 Å². The normalized spacial score (nSPS) is 11.4. The Kier molecular flexibility index (Phi) is 3.33. The monoisotopic (exact) mass is 193 g/mol. The molecule has 0 aliphatic carbocycles. The van der Waals surface area contributed by atoms with Crippen molar-refractivity contribution in [3.63, 3.8) is 0 Å². The lowest BCUT2D eigenvalue weighted by Gasteiger charge is -2.28. The van der Waals surface area contributed by atoms with E-state index in [2.05, 4.69) is 31.1 Å². The van der Waals surface area contributed by atoms with Gasteiger partial charge in [0.15, 0.2) is 0 Å². The summed E-state index contributed by atoms with van der Waals surface area (Å²) >= 11 is 0. The van der Waals surface area contributed by atoms with E-state index in [4.69, 9.17) is 5.73 Å². The molecule has 1 heterocycles. The number of nitrogens with zero attached hydrogens (tertiary/aromatic N) is 1. The molecule has 0 spiro atoms. The third kappa shape index (κ3) is 2.62. The van der Waals surface area contributed by atoms with Crippen LogP contribution in [0.1, 0.15) is 33.6 Å². The zero-order valence-corrected chi connectivity index (χ0v) is 9.17. The van der Waals surface area contributed by atoms with Crippen LogP contribution < -0.4 is 11.1 Å². The van der Waals surface area contributed by atoms with Crippen molar-refractivity contribution in [3.05, 3.63) is 18.2 Å². The smallest absolute Gasteiger partial charge is 0.128 e. The Morgan fingerprint density at radius 1 is 1.36 bits per heavy atom. The fraction of sp³-hybridized carbons (Fsp3) is 0.545. The van der Waals surface area contributed by atoms with Gasteiger partial charge in [-0.25, -0.2) is 4.98 Å². The standard InChI is InChI=1S/C11H19N3/c1-4-11(3,5-2)14-10-8-6-7-9(12)13-10/h6-8H,4-5H2,1-3H3,(H3,12,13,14). The molecule has 78 valence electrons. The maximum atomic E-state index is 5.61. The third-order valence-corrected chi connectivity index (χ3v) is 2.76. The van der Waals surface area contributed by atoms with Gasteiger partial charge in [0.25, 0.3) is 0 Å². The quantitative estimate of drug-likeness (QED) is 0.773. The molecule has 0 fully saturated rings. The predicted octanol–water partition coefficient (Wildman–Crippen LogP) is 2.65. The van der Waals surface area contributed by atoms with Gasteiger partial charge in [-0.15, -0.1) is 0 Å². The van der Waals surface area contributed by atoms with Crippen molar-refractivity contribution in [2.24, 2.45) is 0 Å². The minimum atomic E-state index is 0.112. The summed E-state index contributed by atoms with van der Waals surface area (Å²) in [4.78, 5) is 4.22.